The van der Waals surface area contributed by atoms with Crippen LogP contribution in [-0.2, 0) is 14.8 Å². The second kappa shape index (κ2) is 10.6. The van der Waals surface area contributed by atoms with Crippen LogP contribution in [0.15, 0.2) is 41.3 Å². The van der Waals surface area contributed by atoms with E-state index in [1.165, 1.54) is 23.5 Å². The van der Waals surface area contributed by atoms with Gasteiger partial charge >= 0.3 is 0 Å². The number of aromatic nitrogens is 1. The average molecular weight is 562 g/mol. The van der Waals surface area contributed by atoms with E-state index in [0.29, 0.717) is 53.8 Å². The lowest BCUT2D eigenvalue weighted by Gasteiger charge is -2.34. The van der Waals surface area contributed by atoms with Crippen molar-refractivity contribution in [1.29, 1.82) is 0 Å². The van der Waals surface area contributed by atoms with Crippen LogP contribution in [0.4, 0.5) is 5.13 Å². The quantitative estimate of drug-likeness (QED) is 0.383. The molecule has 0 radical (unpaired) electrons. The number of amides is 1. The number of fused-ring (bicyclic) bond motifs is 1. The number of hydrogen-bond donors (Lipinski definition) is 0. The van der Waals surface area contributed by atoms with Gasteiger partial charge in [0.1, 0.15) is 0 Å². The van der Waals surface area contributed by atoms with Crippen molar-refractivity contribution in [2.75, 3.05) is 31.1 Å². The number of hydrogen-bond acceptors (Lipinski definition) is 6. The Kier molecular flexibility index (Phi) is 7.62. The van der Waals surface area contributed by atoms with Crippen LogP contribution in [-0.4, -0.2) is 56.0 Å². The smallest absolute Gasteiger partial charge is 0.260 e. The summed E-state index contributed by atoms with van der Waals surface area (Å²) < 4.78 is 34.8. The summed E-state index contributed by atoms with van der Waals surface area (Å²) in [5.41, 5.74) is 2.17. The van der Waals surface area contributed by atoms with Crippen molar-refractivity contribution < 1.29 is 17.9 Å². The number of halogens is 1. The van der Waals surface area contributed by atoms with E-state index in [2.05, 4.69) is 13.8 Å². The Labute approximate surface area is 227 Å². The van der Waals surface area contributed by atoms with Gasteiger partial charge in [0.25, 0.3) is 5.91 Å². The SMILES string of the molecule is Cc1ccc(Cl)c2sc(N(CC3CCCO3)C(=O)c3ccc(S(=O)(=O)N4CC(C)CC(C)C4)cc3)nc12. The summed E-state index contributed by atoms with van der Waals surface area (Å²) in [6.07, 6.45) is 2.78. The number of thiazole rings is 1. The molecule has 198 valence electrons. The molecule has 2 saturated heterocycles. The van der Waals surface area contributed by atoms with Crippen molar-refractivity contribution in [3.63, 3.8) is 0 Å². The molecule has 3 atom stereocenters. The van der Waals surface area contributed by atoms with E-state index < -0.39 is 10.0 Å². The summed E-state index contributed by atoms with van der Waals surface area (Å²) in [5.74, 6) is 0.390. The number of rotatable bonds is 6. The number of carbonyl (C=O) groups excluding carboxylic acids is 1. The first-order valence-electron chi connectivity index (χ1n) is 12.7. The molecule has 1 amide bonds. The fourth-order valence-electron chi connectivity index (χ4n) is 5.32. The number of nitrogens with zero attached hydrogens (tertiary/aromatic N) is 3. The third-order valence-electron chi connectivity index (χ3n) is 7.15. The van der Waals surface area contributed by atoms with Crippen molar-refractivity contribution in [2.45, 2.75) is 51.0 Å². The number of benzene rings is 2. The van der Waals surface area contributed by atoms with Crippen molar-refractivity contribution in [3.05, 3.63) is 52.5 Å². The third kappa shape index (κ3) is 5.43. The van der Waals surface area contributed by atoms with Crippen molar-refractivity contribution in [3.8, 4) is 0 Å². The van der Waals surface area contributed by atoms with Gasteiger partial charge in [-0.15, -0.1) is 0 Å². The Morgan fingerprint density at radius 1 is 1.16 bits per heavy atom. The van der Waals surface area contributed by atoms with Gasteiger partial charge < -0.3 is 4.74 Å². The molecule has 10 heteroatoms. The van der Waals surface area contributed by atoms with Gasteiger partial charge in [0.15, 0.2) is 5.13 Å². The first-order chi connectivity index (χ1) is 17.6. The molecule has 7 nitrogen and oxygen atoms in total. The molecule has 0 saturated carbocycles. The minimum atomic E-state index is -3.62. The highest BCUT2D eigenvalue weighted by molar-refractivity contribution is 7.89. The van der Waals surface area contributed by atoms with E-state index in [1.54, 1.807) is 21.3 Å². The number of ether oxygens (including phenoxy) is 1. The Morgan fingerprint density at radius 3 is 2.49 bits per heavy atom. The molecule has 0 spiro atoms. The third-order valence-corrected chi connectivity index (χ3v) is 10.5. The van der Waals surface area contributed by atoms with E-state index in [9.17, 15) is 13.2 Å². The minimum absolute atomic E-state index is 0.0738. The van der Waals surface area contributed by atoms with Crippen LogP contribution in [0.2, 0.25) is 5.02 Å². The largest absolute Gasteiger partial charge is 0.376 e. The molecule has 3 aromatic rings. The molecule has 3 heterocycles. The summed E-state index contributed by atoms with van der Waals surface area (Å²) in [7, 11) is -3.62. The summed E-state index contributed by atoms with van der Waals surface area (Å²) >= 11 is 7.82. The first kappa shape index (κ1) is 26.6. The molecular weight excluding hydrogens is 530 g/mol. The molecule has 37 heavy (non-hydrogen) atoms. The molecule has 2 aliphatic rings. The summed E-state index contributed by atoms with van der Waals surface area (Å²) in [6, 6.07) is 10.0. The van der Waals surface area contributed by atoms with Crippen LogP contribution >= 0.6 is 22.9 Å². The average Bonchev–Trinajstić information content (AvgIpc) is 3.55. The van der Waals surface area contributed by atoms with Crippen LogP contribution in [0.3, 0.4) is 0 Å². The van der Waals surface area contributed by atoms with Crippen LogP contribution in [0.25, 0.3) is 10.2 Å². The van der Waals surface area contributed by atoms with E-state index in [4.69, 9.17) is 21.3 Å². The van der Waals surface area contributed by atoms with Crippen molar-refractivity contribution in [2.24, 2.45) is 11.8 Å². The highest BCUT2D eigenvalue weighted by Crippen LogP contribution is 2.37. The Balaban J connectivity index is 1.44. The molecule has 2 fully saturated rings. The van der Waals surface area contributed by atoms with Crippen LogP contribution in [0, 0.1) is 18.8 Å². The normalized spacial score (nSPS) is 23.0. The predicted octanol–water partition coefficient (Wildman–Crippen LogP) is 5.75. The standard InChI is InChI=1S/C27H32ClN3O4S2/c1-17-13-18(2)15-30(14-17)37(33,34)22-9-7-20(8-10-22)26(32)31(16-21-5-4-12-35-21)27-29-24-19(3)6-11-23(28)25(24)36-27/h6-11,17-18,21H,4-5,12-16H2,1-3H3. The van der Waals surface area contributed by atoms with E-state index in [-0.39, 0.29) is 16.9 Å². The molecule has 0 aliphatic carbocycles. The molecule has 0 N–H and O–H groups in total. The predicted molar refractivity (Wildman–Crippen MR) is 148 cm³/mol. The lowest BCUT2D eigenvalue weighted by molar-refractivity contribution is 0.0917. The molecular formula is C27H32ClN3O4S2. The Hall–Kier alpha value is -2.04. The fourth-order valence-corrected chi connectivity index (χ4v) is 8.33. The highest BCUT2D eigenvalue weighted by Gasteiger charge is 2.32. The number of aryl methyl sites for hydroxylation is 1. The summed E-state index contributed by atoms with van der Waals surface area (Å²) in [5, 5.41) is 1.16. The van der Waals surface area contributed by atoms with E-state index in [0.717, 1.165) is 35.0 Å². The van der Waals surface area contributed by atoms with Gasteiger partial charge in [-0.2, -0.15) is 4.31 Å². The maximum atomic E-state index is 13.8. The Morgan fingerprint density at radius 2 is 1.86 bits per heavy atom. The zero-order valence-corrected chi connectivity index (χ0v) is 23.7. The Bertz CT molecular complexity index is 1350. The molecule has 1 aromatic heterocycles. The van der Waals surface area contributed by atoms with Gasteiger partial charge in [0.2, 0.25) is 10.0 Å². The van der Waals surface area contributed by atoms with E-state index >= 15 is 0 Å². The molecule has 0 bridgehead atoms. The second-order valence-corrected chi connectivity index (χ2v) is 13.7. The summed E-state index contributed by atoms with van der Waals surface area (Å²) in [6.45, 7) is 8.22. The number of piperidine rings is 1. The van der Waals surface area contributed by atoms with Gasteiger partial charge in [-0.25, -0.2) is 13.4 Å². The van der Waals surface area contributed by atoms with Gasteiger partial charge in [-0.1, -0.05) is 42.9 Å². The lowest BCUT2D eigenvalue weighted by Crippen LogP contribution is -2.42. The van der Waals surface area contributed by atoms with E-state index in [1.807, 2.05) is 19.1 Å². The molecule has 5 rings (SSSR count). The highest BCUT2D eigenvalue weighted by atomic mass is 35.5. The van der Waals surface area contributed by atoms with Crippen molar-refractivity contribution in [1.82, 2.24) is 9.29 Å². The number of carbonyl (C=O) groups is 1. The lowest BCUT2D eigenvalue weighted by atomic mass is 9.94. The van der Waals surface area contributed by atoms with Gasteiger partial charge in [-0.3, -0.25) is 9.69 Å². The monoisotopic (exact) mass is 561 g/mol. The van der Waals surface area contributed by atoms with Gasteiger partial charge in [-0.05, 0) is 73.9 Å². The zero-order valence-electron chi connectivity index (χ0n) is 21.3. The minimum Gasteiger partial charge on any atom is -0.376 e. The topological polar surface area (TPSA) is 79.8 Å². The molecule has 2 aliphatic heterocycles. The van der Waals surface area contributed by atoms with Crippen molar-refractivity contribution >= 4 is 54.2 Å². The van der Waals surface area contributed by atoms with Crippen LogP contribution in [0.5, 0.6) is 0 Å². The van der Waals surface area contributed by atoms with Crippen LogP contribution in [0.1, 0.15) is 49.0 Å². The number of anilines is 1. The molecule has 2 aromatic carbocycles. The van der Waals surface area contributed by atoms with Crippen LogP contribution < -0.4 is 4.90 Å². The maximum Gasteiger partial charge on any atom is 0.260 e. The number of sulfonamides is 1. The first-order valence-corrected chi connectivity index (χ1v) is 15.4. The van der Waals surface area contributed by atoms with Gasteiger partial charge in [0, 0.05) is 25.3 Å². The van der Waals surface area contributed by atoms with Gasteiger partial charge in [0.05, 0.1) is 32.8 Å². The maximum absolute atomic E-state index is 13.8. The molecule has 3 unspecified atom stereocenters. The second-order valence-electron chi connectivity index (χ2n) is 10.4. The zero-order chi connectivity index (χ0) is 26.3. The fraction of sp³-hybridized carbons (Fsp3) is 0.481. The summed E-state index contributed by atoms with van der Waals surface area (Å²) in [4.78, 5) is 20.4.